The number of halogens is 1. The third-order valence-electron chi connectivity index (χ3n) is 4.09. The van der Waals surface area contributed by atoms with Gasteiger partial charge in [0.15, 0.2) is 0 Å². The van der Waals surface area contributed by atoms with Crippen LogP contribution in [0.3, 0.4) is 0 Å². The fourth-order valence-electron chi connectivity index (χ4n) is 3.15. The predicted octanol–water partition coefficient (Wildman–Crippen LogP) is 3.74. The van der Waals surface area contributed by atoms with Gasteiger partial charge in [-0.1, -0.05) is 20.8 Å². The van der Waals surface area contributed by atoms with Crippen molar-refractivity contribution in [3.05, 3.63) is 29.6 Å². The zero-order chi connectivity index (χ0) is 14.7. The van der Waals surface area contributed by atoms with Crippen molar-refractivity contribution in [1.82, 2.24) is 5.32 Å². The molecular weight excluding hydrogens is 251 g/mol. The normalized spacial score (nSPS) is 23.4. The molecule has 1 aromatic rings. The second kappa shape index (κ2) is 6.57. The van der Waals surface area contributed by atoms with Gasteiger partial charge in [-0.3, -0.25) is 0 Å². The van der Waals surface area contributed by atoms with Crippen molar-refractivity contribution in [3.63, 3.8) is 0 Å². The molecule has 112 valence electrons. The second-order valence-electron chi connectivity index (χ2n) is 6.44. The summed E-state index contributed by atoms with van der Waals surface area (Å²) >= 11 is 0. The molecule has 0 spiro atoms. The van der Waals surface area contributed by atoms with Crippen molar-refractivity contribution in [2.75, 3.05) is 18.0 Å². The van der Waals surface area contributed by atoms with Crippen LogP contribution in [0.2, 0.25) is 0 Å². The molecule has 0 amide bonds. The number of rotatable bonds is 4. The van der Waals surface area contributed by atoms with E-state index in [0.717, 1.165) is 30.8 Å². The van der Waals surface area contributed by atoms with Crippen molar-refractivity contribution in [1.29, 1.82) is 0 Å². The minimum Gasteiger partial charge on any atom is -0.366 e. The summed E-state index contributed by atoms with van der Waals surface area (Å²) in [5, 5.41) is 3.64. The minimum absolute atomic E-state index is 0.131. The van der Waals surface area contributed by atoms with Crippen LogP contribution in [0, 0.1) is 18.7 Å². The van der Waals surface area contributed by atoms with Gasteiger partial charge in [0, 0.05) is 30.9 Å². The predicted molar refractivity (Wildman–Crippen MR) is 83.8 cm³/mol. The van der Waals surface area contributed by atoms with E-state index >= 15 is 0 Å². The zero-order valence-electron chi connectivity index (χ0n) is 13.1. The number of benzene rings is 1. The second-order valence-corrected chi connectivity index (χ2v) is 6.44. The summed E-state index contributed by atoms with van der Waals surface area (Å²) in [6.45, 7) is 10.6. The first-order chi connectivity index (χ1) is 9.49. The summed E-state index contributed by atoms with van der Waals surface area (Å²) in [7, 11) is 0. The lowest BCUT2D eigenvalue weighted by Crippen LogP contribution is -2.56. The maximum absolute atomic E-state index is 13.7. The van der Waals surface area contributed by atoms with E-state index in [1.807, 2.05) is 6.92 Å². The van der Waals surface area contributed by atoms with Crippen molar-refractivity contribution in [3.8, 4) is 0 Å². The molecule has 2 unspecified atom stereocenters. The molecule has 1 fully saturated rings. The Bertz CT molecular complexity index is 424. The van der Waals surface area contributed by atoms with Crippen LogP contribution in [0.15, 0.2) is 18.2 Å². The fraction of sp³-hybridized carbons (Fsp3) is 0.647. The Balaban J connectivity index is 2.19. The number of nitrogens with zero attached hydrogens (tertiary/aromatic N) is 1. The minimum atomic E-state index is -0.131. The van der Waals surface area contributed by atoms with Crippen LogP contribution in [0.25, 0.3) is 0 Å². The molecule has 0 aliphatic carbocycles. The van der Waals surface area contributed by atoms with Crippen LogP contribution in [0.4, 0.5) is 10.1 Å². The summed E-state index contributed by atoms with van der Waals surface area (Å²) in [5.74, 6) is 0.551. The van der Waals surface area contributed by atoms with Crippen LogP contribution in [-0.2, 0) is 0 Å². The molecule has 1 heterocycles. The highest BCUT2D eigenvalue weighted by molar-refractivity contribution is 5.50. The molecule has 0 aromatic heterocycles. The van der Waals surface area contributed by atoms with Crippen molar-refractivity contribution >= 4 is 5.69 Å². The summed E-state index contributed by atoms with van der Waals surface area (Å²) < 4.78 is 13.7. The number of anilines is 1. The highest BCUT2D eigenvalue weighted by Crippen LogP contribution is 2.25. The van der Waals surface area contributed by atoms with E-state index in [9.17, 15) is 4.39 Å². The maximum Gasteiger partial charge on any atom is 0.125 e. The number of aryl methyl sites for hydroxylation is 1. The van der Waals surface area contributed by atoms with E-state index in [1.54, 1.807) is 12.1 Å². The Hall–Kier alpha value is -1.09. The molecule has 2 nitrogen and oxygen atoms in total. The smallest absolute Gasteiger partial charge is 0.125 e. The Kier molecular flexibility index (Phi) is 5.03. The first-order valence-corrected chi connectivity index (χ1v) is 7.76. The van der Waals surface area contributed by atoms with Gasteiger partial charge in [-0.2, -0.15) is 0 Å². The Morgan fingerprint density at radius 2 is 2.10 bits per heavy atom. The number of hydrogen-bond donors (Lipinski definition) is 1. The summed E-state index contributed by atoms with van der Waals surface area (Å²) in [6.07, 6.45) is 2.25. The van der Waals surface area contributed by atoms with Gasteiger partial charge in [0.2, 0.25) is 0 Å². The summed E-state index contributed by atoms with van der Waals surface area (Å²) in [6, 6.07) is 6.33. The monoisotopic (exact) mass is 278 g/mol. The topological polar surface area (TPSA) is 15.3 Å². The average Bonchev–Trinajstić information content (AvgIpc) is 2.36. The van der Waals surface area contributed by atoms with Crippen molar-refractivity contribution in [2.45, 2.75) is 52.6 Å². The summed E-state index contributed by atoms with van der Waals surface area (Å²) in [4.78, 5) is 2.39. The van der Waals surface area contributed by atoms with Crippen LogP contribution < -0.4 is 10.2 Å². The molecule has 1 aromatic carbocycles. The third-order valence-corrected chi connectivity index (χ3v) is 4.09. The fourth-order valence-corrected chi connectivity index (χ4v) is 3.15. The van der Waals surface area contributed by atoms with Crippen LogP contribution in [0.1, 0.15) is 39.2 Å². The number of nitrogens with one attached hydrogen (secondary N) is 1. The van der Waals surface area contributed by atoms with Gasteiger partial charge in [-0.15, -0.1) is 0 Å². The molecule has 2 rings (SSSR count). The lowest BCUT2D eigenvalue weighted by atomic mass is 9.98. The molecular formula is C17H27FN2. The quantitative estimate of drug-likeness (QED) is 0.902. The molecule has 0 saturated carbocycles. The molecule has 0 bridgehead atoms. The van der Waals surface area contributed by atoms with Crippen LogP contribution in [-0.4, -0.2) is 25.2 Å². The standard InChI is InChI=1S/C17H27FN2/c1-5-16-10-19-15(6-12(2)3)11-20(16)17-8-13(4)7-14(18)9-17/h7-9,12,15-16,19H,5-6,10-11H2,1-4H3. The van der Waals surface area contributed by atoms with E-state index in [4.69, 9.17) is 0 Å². The third kappa shape index (κ3) is 3.72. The first-order valence-electron chi connectivity index (χ1n) is 7.76. The average molecular weight is 278 g/mol. The lowest BCUT2D eigenvalue weighted by molar-refractivity contribution is 0.343. The molecule has 1 aliphatic heterocycles. The summed E-state index contributed by atoms with van der Waals surface area (Å²) in [5.41, 5.74) is 2.03. The Morgan fingerprint density at radius 1 is 1.35 bits per heavy atom. The van der Waals surface area contributed by atoms with E-state index in [2.05, 4.69) is 37.1 Å². The largest absolute Gasteiger partial charge is 0.366 e. The van der Waals surface area contributed by atoms with Gasteiger partial charge < -0.3 is 10.2 Å². The van der Waals surface area contributed by atoms with Gasteiger partial charge in [0.25, 0.3) is 0 Å². The van der Waals surface area contributed by atoms with Crippen molar-refractivity contribution in [2.24, 2.45) is 5.92 Å². The first kappa shape index (κ1) is 15.3. The van der Waals surface area contributed by atoms with Gasteiger partial charge in [0.1, 0.15) is 5.82 Å². The van der Waals surface area contributed by atoms with E-state index in [-0.39, 0.29) is 5.82 Å². The van der Waals surface area contributed by atoms with Crippen LogP contribution in [0.5, 0.6) is 0 Å². The molecule has 20 heavy (non-hydrogen) atoms. The van der Waals surface area contributed by atoms with Gasteiger partial charge >= 0.3 is 0 Å². The van der Waals surface area contributed by atoms with E-state index < -0.39 is 0 Å². The molecule has 3 heteroatoms. The number of piperazine rings is 1. The van der Waals surface area contributed by atoms with Gasteiger partial charge in [-0.25, -0.2) is 4.39 Å². The van der Waals surface area contributed by atoms with E-state index in [1.165, 1.54) is 6.42 Å². The Labute approximate surface area is 122 Å². The molecule has 2 atom stereocenters. The van der Waals surface area contributed by atoms with Gasteiger partial charge in [-0.05, 0) is 49.4 Å². The highest BCUT2D eigenvalue weighted by Gasteiger charge is 2.27. The van der Waals surface area contributed by atoms with E-state index in [0.29, 0.717) is 18.0 Å². The van der Waals surface area contributed by atoms with Crippen molar-refractivity contribution < 1.29 is 4.39 Å². The molecule has 1 saturated heterocycles. The van der Waals surface area contributed by atoms with Gasteiger partial charge in [0.05, 0.1) is 0 Å². The maximum atomic E-state index is 13.7. The molecule has 0 radical (unpaired) electrons. The zero-order valence-corrected chi connectivity index (χ0v) is 13.1. The SMILES string of the molecule is CCC1CNC(CC(C)C)CN1c1cc(C)cc(F)c1. The lowest BCUT2D eigenvalue weighted by Gasteiger charge is -2.42. The van der Waals surface area contributed by atoms with Crippen LogP contribution >= 0.6 is 0 Å². The molecule has 1 aliphatic rings. The molecule has 1 N–H and O–H groups in total. The Morgan fingerprint density at radius 3 is 2.70 bits per heavy atom. The highest BCUT2D eigenvalue weighted by atomic mass is 19.1. The number of hydrogen-bond acceptors (Lipinski definition) is 2.